The van der Waals surface area contributed by atoms with Crippen LogP contribution in [0.3, 0.4) is 0 Å². The highest BCUT2D eigenvalue weighted by molar-refractivity contribution is 7.84. The fraction of sp³-hybridized carbons (Fsp3) is 0.381. The third kappa shape index (κ3) is 7.13. The monoisotopic (exact) mass is 389 g/mol. The molecule has 6 heteroatoms. The van der Waals surface area contributed by atoms with Gasteiger partial charge in [0.2, 0.25) is 0 Å². The zero-order chi connectivity index (χ0) is 19.6. The van der Waals surface area contributed by atoms with E-state index >= 15 is 0 Å². The second-order valence-corrected chi connectivity index (χ2v) is 7.99. The Morgan fingerprint density at radius 2 is 1.96 bits per heavy atom. The molecule has 0 aliphatic rings. The number of aliphatic imine (C=N–C) groups is 1. The predicted octanol–water partition coefficient (Wildman–Crippen LogP) is 3.70. The number of nitrogens with one attached hydrogen (secondary N) is 2. The maximum atomic E-state index is 13.8. The molecule has 0 spiro atoms. The van der Waals surface area contributed by atoms with Gasteiger partial charge >= 0.3 is 0 Å². The molecule has 2 aromatic rings. The van der Waals surface area contributed by atoms with Crippen LogP contribution in [0, 0.1) is 12.7 Å². The Balaban J connectivity index is 1.91. The zero-order valence-electron chi connectivity index (χ0n) is 16.2. The van der Waals surface area contributed by atoms with E-state index in [0.29, 0.717) is 36.1 Å². The van der Waals surface area contributed by atoms with Crippen molar-refractivity contribution in [2.45, 2.75) is 32.6 Å². The fourth-order valence-electron chi connectivity index (χ4n) is 2.58. The van der Waals surface area contributed by atoms with Crippen molar-refractivity contribution < 1.29 is 8.60 Å². The number of hydrogen-bond acceptors (Lipinski definition) is 2. The van der Waals surface area contributed by atoms with Gasteiger partial charge in [-0.2, -0.15) is 0 Å². The van der Waals surface area contributed by atoms with E-state index in [-0.39, 0.29) is 11.9 Å². The minimum absolute atomic E-state index is 0.0901. The van der Waals surface area contributed by atoms with Crippen molar-refractivity contribution in [1.29, 1.82) is 0 Å². The molecule has 2 aromatic carbocycles. The van der Waals surface area contributed by atoms with Crippen LogP contribution in [0.25, 0.3) is 0 Å². The second kappa shape index (κ2) is 10.8. The maximum Gasteiger partial charge on any atom is 0.191 e. The van der Waals surface area contributed by atoms with E-state index in [0.717, 1.165) is 11.1 Å². The lowest BCUT2D eigenvalue weighted by molar-refractivity contribution is 0.607. The number of benzene rings is 2. The summed E-state index contributed by atoms with van der Waals surface area (Å²) in [6, 6.07) is 15.0. The molecule has 2 rings (SSSR count). The van der Waals surface area contributed by atoms with Crippen LogP contribution < -0.4 is 10.6 Å². The minimum Gasteiger partial charge on any atom is -0.357 e. The highest BCUT2D eigenvalue weighted by Crippen LogP contribution is 2.16. The number of guanidine groups is 1. The molecule has 0 heterocycles. The lowest BCUT2D eigenvalue weighted by atomic mass is 10.1. The Hall–Kier alpha value is -2.21. The first kappa shape index (κ1) is 21.1. The highest BCUT2D eigenvalue weighted by atomic mass is 32.2. The number of hydrogen-bond donors (Lipinski definition) is 2. The van der Waals surface area contributed by atoms with Crippen molar-refractivity contribution in [3.63, 3.8) is 0 Å². The van der Waals surface area contributed by atoms with E-state index in [1.54, 1.807) is 19.1 Å². The molecule has 146 valence electrons. The molecule has 0 aromatic heterocycles. The SMILES string of the molecule is CCNC(=NCCS(=O)Cc1ccccc1)NC(C)c1ccc(C)c(F)c1. The first-order chi connectivity index (χ1) is 13.0. The van der Waals surface area contributed by atoms with Gasteiger partial charge < -0.3 is 10.6 Å². The standard InChI is InChI=1S/C21H28FN3OS/c1-4-23-21(25-17(3)19-11-10-16(2)20(22)14-19)24-12-13-27(26)15-18-8-6-5-7-9-18/h5-11,14,17H,4,12-13,15H2,1-3H3,(H2,23,24,25). The van der Waals surface area contributed by atoms with Crippen LogP contribution in [0.1, 0.15) is 36.6 Å². The fourth-order valence-corrected chi connectivity index (χ4v) is 3.58. The number of rotatable bonds is 8. The summed E-state index contributed by atoms with van der Waals surface area (Å²) in [6.45, 7) is 6.88. The average molecular weight is 390 g/mol. The van der Waals surface area contributed by atoms with Crippen molar-refractivity contribution in [2.75, 3.05) is 18.8 Å². The molecule has 2 N–H and O–H groups in total. The summed E-state index contributed by atoms with van der Waals surface area (Å²) in [5, 5.41) is 6.46. The van der Waals surface area contributed by atoms with Crippen molar-refractivity contribution in [1.82, 2.24) is 10.6 Å². The Kier molecular flexibility index (Phi) is 8.45. The maximum absolute atomic E-state index is 13.8. The van der Waals surface area contributed by atoms with Crippen LogP contribution in [0.15, 0.2) is 53.5 Å². The molecule has 2 unspecified atom stereocenters. The third-order valence-corrected chi connectivity index (χ3v) is 5.45. The number of halogens is 1. The molecule has 0 saturated heterocycles. The van der Waals surface area contributed by atoms with Crippen molar-refractivity contribution in [3.8, 4) is 0 Å². The lowest BCUT2D eigenvalue weighted by Crippen LogP contribution is -2.39. The number of nitrogens with zero attached hydrogens (tertiary/aromatic N) is 1. The predicted molar refractivity (Wildman–Crippen MR) is 112 cm³/mol. The van der Waals surface area contributed by atoms with Crippen molar-refractivity contribution >= 4 is 16.8 Å². The molecule has 2 atom stereocenters. The molecule has 0 bridgehead atoms. The Morgan fingerprint density at radius 3 is 2.63 bits per heavy atom. The van der Waals surface area contributed by atoms with Gasteiger partial charge in [0.1, 0.15) is 5.82 Å². The lowest BCUT2D eigenvalue weighted by Gasteiger charge is -2.18. The molecular formula is C21H28FN3OS. The van der Waals surface area contributed by atoms with Crippen molar-refractivity contribution in [2.24, 2.45) is 4.99 Å². The summed E-state index contributed by atoms with van der Waals surface area (Å²) in [5.74, 6) is 1.47. The summed E-state index contributed by atoms with van der Waals surface area (Å²) < 4.78 is 26.0. The van der Waals surface area contributed by atoms with Crippen LogP contribution >= 0.6 is 0 Å². The molecule has 0 fully saturated rings. The molecule has 4 nitrogen and oxygen atoms in total. The molecule has 0 amide bonds. The quantitative estimate of drug-likeness (QED) is 0.535. The molecule has 27 heavy (non-hydrogen) atoms. The Labute approximate surface area is 163 Å². The van der Waals surface area contributed by atoms with Gasteiger partial charge in [-0.25, -0.2) is 4.39 Å². The van der Waals surface area contributed by atoms with E-state index in [9.17, 15) is 8.60 Å². The largest absolute Gasteiger partial charge is 0.357 e. The van der Waals surface area contributed by atoms with Crippen LogP contribution in [0.5, 0.6) is 0 Å². The summed E-state index contributed by atoms with van der Waals surface area (Å²) >= 11 is 0. The van der Waals surface area contributed by atoms with E-state index in [2.05, 4.69) is 15.6 Å². The number of aryl methyl sites for hydroxylation is 1. The minimum atomic E-state index is -0.958. The molecular weight excluding hydrogens is 361 g/mol. The average Bonchev–Trinajstić information content (AvgIpc) is 2.65. The highest BCUT2D eigenvalue weighted by Gasteiger charge is 2.10. The van der Waals surface area contributed by atoms with E-state index < -0.39 is 10.8 Å². The van der Waals surface area contributed by atoms with E-state index in [1.807, 2.05) is 50.2 Å². The molecule has 0 aliphatic carbocycles. The van der Waals surface area contributed by atoms with Gasteiger partial charge in [0.15, 0.2) is 5.96 Å². The van der Waals surface area contributed by atoms with Crippen LogP contribution in [0.4, 0.5) is 4.39 Å². The van der Waals surface area contributed by atoms with Crippen LogP contribution in [-0.2, 0) is 16.6 Å². The van der Waals surface area contributed by atoms with E-state index in [1.165, 1.54) is 0 Å². The van der Waals surface area contributed by atoms with Gasteiger partial charge in [-0.3, -0.25) is 9.20 Å². The third-order valence-electron chi connectivity index (χ3n) is 4.15. The molecule has 0 saturated carbocycles. The first-order valence-corrected chi connectivity index (χ1v) is 10.7. The smallest absolute Gasteiger partial charge is 0.191 e. The second-order valence-electron chi connectivity index (χ2n) is 6.41. The zero-order valence-corrected chi connectivity index (χ0v) is 17.0. The van der Waals surface area contributed by atoms with Gasteiger partial charge in [0, 0.05) is 28.9 Å². The summed E-state index contributed by atoms with van der Waals surface area (Å²) in [4.78, 5) is 4.51. The van der Waals surface area contributed by atoms with Crippen molar-refractivity contribution in [3.05, 3.63) is 71.0 Å². The van der Waals surface area contributed by atoms with Gasteiger partial charge in [-0.05, 0) is 43.5 Å². The van der Waals surface area contributed by atoms with Gasteiger partial charge in [-0.1, -0.05) is 42.5 Å². The van der Waals surface area contributed by atoms with Gasteiger partial charge in [0.25, 0.3) is 0 Å². The Morgan fingerprint density at radius 1 is 1.22 bits per heavy atom. The Bertz CT molecular complexity index is 780. The summed E-state index contributed by atoms with van der Waals surface area (Å²) in [5.41, 5.74) is 2.56. The first-order valence-electron chi connectivity index (χ1n) is 9.19. The van der Waals surface area contributed by atoms with Crippen LogP contribution in [0.2, 0.25) is 0 Å². The van der Waals surface area contributed by atoms with Gasteiger partial charge in [0.05, 0.1) is 12.6 Å². The summed E-state index contributed by atoms with van der Waals surface area (Å²) in [7, 11) is -0.958. The molecule has 0 aliphatic heterocycles. The van der Waals surface area contributed by atoms with Gasteiger partial charge in [-0.15, -0.1) is 0 Å². The summed E-state index contributed by atoms with van der Waals surface area (Å²) in [6.07, 6.45) is 0. The van der Waals surface area contributed by atoms with E-state index in [4.69, 9.17) is 0 Å². The normalized spacial score (nSPS) is 13.9. The topological polar surface area (TPSA) is 53.5 Å². The van der Waals surface area contributed by atoms with Crippen LogP contribution in [-0.4, -0.2) is 29.0 Å². The molecule has 0 radical (unpaired) electrons.